The van der Waals surface area contributed by atoms with Gasteiger partial charge in [0.25, 0.3) is 5.91 Å². The number of carbonyl (C=O) groups is 2. The highest BCUT2D eigenvalue weighted by molar-refractivity contribution is 7.91. The van der Waals surface area contributed by atoms with Gasteiger partial charge in [-0.25, -0.2) is 13.2 Å². The molecule has 0 unspecified atom stereocenters. The second-order valence-corrected chi connectivity index (χ2v) is 8.33. The molecule has 0 radical (unpaired) electrons. The van der Waals surface area contributed by atoms with Gasteiger partial charge in [-0.3, -0.25) is 9.69 Å². The van der Waals surface area contributed by atoms with Crippen molar-refractivity contribution in [3.63, 3.8) is 0 Å². The number of hydrogen-bond donors (Lipinski definition) is 1. The van der Waals surface area contributed by atoms with Crippen LogP contribution in [0.4, 0.5) is 13.6 Å². The van der Waals surface area contributed by atoms with Gasteiger partial charge < -0.3 is 5.32 Å². The number of hydrogen-bond acceptors (Lipinski definition) is 4. The number of alkyl halides is 2. The lowest BCUT2D eigenvalue weighted by Crippen LogP contribution is -2.48. The van der Waals surface area contributed by atoms with Crippen LogP contribution in [-0.2, 0) is 21.2 Å². The summed E-state index contributed by atoms with van der Waals surface area (Å²) >= 11 is 0. The zero-order valence-corrected chi connectivity index (χ0v) is 14.2. The Balaban J connectivity index is 1.76. The standard InChI is InChI=1S/C16H18F2N2O4S/c17-14(18)25(23,24)12-6-4-11(5-7-12)10-20-13(21)16(19-15(20)22)8-2-1-3-9-16/h4-7,14H,1-3,8-10H2,(H,19,22). The van der Waals surface area contributed by atoms with E-state index in [1.807, 2.05) is 0 Å². The number of amides is 3. The molecule has 6 nitrogen and oxygen atoms in total. The molecule has 1 heterocycles. The highest BCUT2D eigenvalue weighted by atomic mass is 32.2. The first-order valence-electron chi connectivity index (χ1n) is 8.01. The van der Waals surface area contributed by atoms with Gasteiger partial charge in [-0.05, 0) is 30.5 Å². The molecule has 1 spiro atoms. The monoisotopic (exact) mass is 372 g/mol. The fraction of sp³-hybridized carbons (Fsp3) is 0.500. The van der Waals surface area contributed by atoms with Crippen LogP contribution >= 0.6 is 0 Å². The van der Waals surface area contributed by atoms with Crippen molar-refractivity contribution in [3.05, 3.63) is 29.8 Å². The number of rotatable bonds is 4. The quantitative estimate of drug-likeness (QED) is 0.823. The zero-order chi connectivity index (χ0) is 18.2. The first kappa shape index (κ1) is 17.8. The van der Waals surface area contributed by atoms with Gasteiger partial charge in [0.1, 0.15) is 5.54 Å². The number of nitrogens with zero attached hydrogens (tertiary/aromatic N) is 1. The summed E-state index contributed by atoms with van der Waals surface area (Å²) in [6.45, 7) is -0.0264. The summed E-state index contributed by atoms with van der Waals surface area (Å²) in [5, 5.41) is 2.78. The molecule has 0 atom stereocenters. The summed E-state index contributed by atoms with van der Waals surface area (Å²) in [5.41, 5.74) is -0.335. The molecule has 3 rings (SSSR count). The highest BCUT2D eigenvalue weighted by Crippen LogP contribution is 2.34. The number of carbonyl (C=O) groups excluding carboxylic acids is 2. The van der Waals surface area contributed by atoms with Gasteiger partial charge in [-0.1, -0.05) is 31.4 Å². The molecule has 1 saturated heterocycles. The van der Waals surface area contributed by atoms with Gasteiger partial charge in [-0.15, -0.1) is 0 Å². The summed E-state index contributed by atoms with van der Waals surface area (Å²) in [6, 6.07) is 4.32. The molecule has 1 aliphatic carbocycles. The van der Waals surface area contributed by atoms with Gasteiger partial charge in [0.15, 0.2) is 0 Å². The fourth-order valence-corrected chi connectivity index (χ4v) is 4.11. The molecule has 9 heteroatoms. The van der Waals surface area contributed by atoms with Crippen LogP contribution in [-0.4, -0.2) is 36.6 Å². The van der Waals surface area contributed by atoms with E-state index in [1.54, 1.807) is 0 Å². The number of sulfone groups is 1. The largest absolute Gasteiger partial charge is 0.341 e. The minimum Gasteiger partial charge on any atom is -0.323 e. The molecule has 25 heavy (non-hydrogen) atoms. The summed E-state index contributed by atoms with van der Waals surface area (Å²) < 4.78 is 47.9. The molecular formula is C16H18F2N2O4S. The van der Waals surface area contributed by atoms with Crippen molar-refractivity contribution in [1.29, 1.82) is 0 Å². The maximum absolute atomic E-state index is 12.7. The molecule has 0 aromatic heterocycles. The molecule has 2 aliphatic rings. The van der Waals surface area contributed by atoms with E-state index in [-0.39, 0.29) is 12.5 Å². The Morgan fingerprint density at radius 3 is 2.24 bits per heavy atom. The third-order valence-corrected chi connectivity index (χ3v) is 6.18. The fourth-order valence-electron chi connectivity index (χ4n) is 3.38. The van der Waals surface area contributed by atoms with Gasteiger partial charge >= 0.3 is 11.8 Å². The normalized spacial score (nSPS) is 20.4. The number of nitrogens with one attached hydrogen (secondary N) is 1. The average molecular weight is 372 g/mol. The highest BCUT2D eigenvalue weighted by Gasteiger charge is 2.51. The number of benzene rings is 1. The maximum Gasteiger partial charge on any atom is 0.341 e. The van der Waals surface area contributed by atoms with E-state index in [0.717, 1.165) is 36.3 Å². The maximum atomic E-state index is 12.7. The van der Waals surface area contributed by atoms with Gasteiger partial charge in [0.2, 0.25) is 9.84 Å². The molecule has 1 aromatic carbocycles. The van der Waals surface area contributed by atoms with Crippen LogP contribution in [0.15, 0.2) is 29.2 Å². The lowest BCUT2D eigenvalue weighted by atomic mass is 9.82. The van der Waals surface area contributed by atoms with Crippen molar-refractivity contribution in [2.45, 2.75) is 54.8 Å². The second kappa shape index (κ2) is 6.36. The third kappa shape index (κ3) is 3.12. The minimum absolute atomic E-state index is 0.0264. The molecule has 1 aliphatic heterocycles. The lowest BCUT2D eigenvalue weighted by Gasteiger charge is -2.30. The van der Waals surface area contributed by atoms with Gasteiger partial charge in [0.05, 0.1) is 11.4 Å². The van der Waals surface area contributed by atoms with Crippen molar-refractivity contribution < 1.29 is 26.8 Å². The Labute approximate surface area is 144 Å². The van der Waals surface area contributed by atoms with E-state index in [1.165, 1.54) is 12.1 Å². The molecular weight excluding hydrogens is 354 g/mol. The molecule has 3 amide bonds. The van der Waals surface area contributed by atoms with Crippen molar-refractivity contribution in [2.24, 2.45) is 0 Å². The van der Waals surface area contributed by atoms with Crippen molar-refractivity contribution >= 4 is 21.8 Å². The summed E-state index contributed by atoms with van der Waals surface area (Å²) in [5.74, 6) is -3.77. The first-order chi connectivity index (χ1) is 11.8. The molecule has 2 fully saturated rings. The smallest absolute Gasteiger partial charge is 0.323 e. The van der Waals surface area contributed by atoms with Crippen LogP contribution in [0.25, 0.3) is 0 Å². The lowest BCUT2D eigenvalue weighted by molar-refractivity contribution is -0.132. The Morgan fingerprint density at radius 2 is 1.68 bits per heavy atom. The predicted molar refractivity (Wildman–Crippen MR) is 84.5 cm³/mol. The van der Waals surface area contributed by atoms with Gasteiger partial charge in [-0.2, -0.15) is 8.78 Å². The van der Waals surface area contributed by atoms with Crippen LogP contribution in [0.5, 0.6) is 0 Å². The van der Waals surface area contributed by atoms with Crippen LogP contribution in [0.1, 0.15) is 37.7 Å². The Morgan fingerprint density at radius 1 is 1.08 bits per heavy atom. The predicted octanol–water partition coefficient (Wildman–Crippen LogP) is 2.44. The Hall–Kier alpha value is -2.03. The van der Waals surface area contributed by atoms with E-state index in [9.17, 15) is 26.8 Å². The van der Waals surface area contributed by atoms with E-state index < -0.39 is 32.1 Å². The SMILES string of the molecule is O=C1NC2(CCCCC2)C(=O)N1Cc1ccc(S(=O)(=O)C(F)F)cc1. The Kier molecular flexibility index (Phi) is 4.52. The van der Waals surface area contributed by atoms with Crippen molar-refractivity contribution in [3.8, 4) is 0 Å². The average Bonchev–Trinajstić information content (AvgIpc) is 2.80. The van der Waals surface area contributed by atoms with Crippen molar-refractivity contribution in [2.75, 3.05) is 0 Å². The molecule has 136 valence electrons. The molecule has 1 aromatic rings. The van der Waals surface area contributed by atoms with E-state index >= 15 is 0 Å². The zero-order valence-electron chi connectivity index (χ0n) is 13.4. The number of urea groups is 1. The topological polar surface area (TPSA) is 83.6 Å². The van der Waals surface area contributed by atoms with Gasteiger partial charge in [0, 0.05) is 0 Å². The minimum atomic E-state index is -4.66. The molecule has 1 saturated carbocycles. The second-order valence-electron chi connectivity index (χ2n) is 6.41. The molecule has 0 bridgehead atoms. The van der Waals surface area contributed by atoms with Crippen LogP contribution in [0.3, 0.4) is 0 Å². The van der Waals surface area contributed by atoms with Crippen molar-refractivity contribution in [1.82, 2.24) is 10.2 Å². The van der Waals surface area contributed by atoms with E-state index in [4.69, 9.17) is 0 Å². The number of imide groups is 1. The van der Waals surface area contributed by atoms with E-state index in [0.29, 0.717) is 18.4 Å². The van der Waals surface area contributed by atoms with Crippen LogP contribution in [0.2, 0.25) is 0 Å². The third-order valence-electron chi connectivity index (χ3n) is 4.78. The van der Waals surface area contributed by atoms with Crippen LogP contribution in [0, 0.1) is 0 Å². The number of halogens is 2. The van der Waals surface area contributed by atoms with E-state index in [2.05, 4.69) is 5.32 Å². The summed E-state index contributed by atoms with van der Waals surface area (Å²) in [7, 11) is -4.66. The van der Waals surface area contributed by atoms with Crippen LogP contribution < -0.4 is 5.32 Å². The summed E-state index contributed by atoms with van der Waals surface area (Å²) in [4.78, 5) is 25.4. The first-order valence-corrected chi connectivity index (χ1v) is 9.56. The summed E-state index contributed by atoms with van der Waals surface area (Å²) in [6.07, 6.45) is 4.00. The molecule has 1 N–H and O–H groups in total. The Bertz CT molecular complexity index is 787.